The zero-order valence-corrected chi connectivity index (χ0v) is 18.3. The lowest BCUT2D eigenvalue weighted by Gasteiger charge is -2.33. The van der Waals surface area contributed by atoms with Gasteiger partial charge in [0.2, 0.25) is 0 Å². The van der Waals surface area contributed by atoms with Gasteiger partial charge in [-0.3, -0.25) is 9.59 Å². The predicted octanol–water partition coefficient (Wildman–Crippen LogP) is 3.33. The first-order valence-electron chi connectivity index (χ1n) is 9.85. The van der Waals surface area contributed by atoms with Crippen LogP contribution in [0.4, 0.5) is 0 Å². The number of hydrogen-bond acceptors (Lipinski definition) is 4. The molecule has 0 spiro atoms. The van der Waals surface area contributed by atoms with E-state index in [9.17, 15) is 14.4 Å². The molecule has 0 fully saturated rings. The van der Waals surface area contributed by atoms with Crippen molar-refractivity contribution >= 4 is 17.8 Å². The van der Waals surface area contributed by atoms with Crippen LogP contribution in [-0.2, 0) is 14.3 Å². The molecular weight excluding hydrogens is 356 g/mol. The van der Waals surface area contributed by atoms with Crippen molar-refractivity contribution < 1.29 is 19.1 Å². The number of nitrogens with zero attached hydrogens (tertiary/aromatic N) is 1. The van der Waals surface area contributed by atoms with Gasteiger partial charge < -0.3 is 15.0 Å². The van der Waals surface area contributed by atoms with Gasteiger partial charge in [-0.15, -0.1) is 0 Å². The minimum absolute atomic E-state index is 0.00390. The lowest BCUT2D eigenvalue weighted by atomic mass is 10.0. The van der Waals surface area contributed by atoms with E-state index in [4.69, 9.17) is 4.74 Å². The highest BCUT2D eigenvalue weighted by molar-refractivity contribution is 5.97. The molecule has 0 aromatic heterocycles. The second-order valence-corrected chi connectivity index (χ2v) is 8.07. The average molecular weight is 391 g/mol. The fraction of sp³-hybridized carbons (Fsp3) is 0.591. The van der Waals surface area contributed by atoms with E-state index in [2.05, 4.69) is 5.32 Å². The maximum atomic E-state index is 12.7. The Labute approximate surface area is 168 Å². The molecular formula is C22H34N2O4. The van der Waals surface area contributed by atoms with E-state index in [1.54, 1.807) is 24.0 Å². The third kappa shape index (κ3) is 6.36. The number of esters is 1. The van der Waals surface area contributed by atoms with E-state index in [1.807, 2.05) is 60.6 Å². The highest BCUT2D eigenvalue weighted by atomic mass is 16.5. The maximum Gasteiger partial charge on any atom is 0.329 e. The number of nitrogens with one attached hydrogen (secondary N) is 1. The second-order valence-electron chi connectivity index (χ2n) is 8.07. The summed E-state index contributed by atoms with van der Waals surface area (Å²) in [5.41, 5.74) is 1.52. The van der Waals surface area contributed by atoms with Crippen molar-refractivity contribution in [1.29, 1.82) is 0 Å². The number of rotatable bonds is 8. The Kier molecular flexibility index (Phi) is 8.66. The third-order valence-electron chi connectivity index (χ3n) is 4.53. The average Bonchev–Trinajstić information content (AvgIpc) is 2.58. The van der Waals surface area contributed by atoms with Gasteiger partial charge in [0.25, 0.3) is 11.8 Å². The monoisotopic (exact) mass is 390 g/mol. The van der Waals surface area contributed by atoms with Gasteiger partial charge in [0.05, 0.1) is 0 Å². The fourth-order valence-electron chi connectivity index (χ4n) is 3.04. The molecule has 6 heteroatoms. The molecule has 0 heterocycles. The zero-order valence-electron chi connectivity index (χ0n) is 18.3. The number of carbonyl (C=O) groups excluding carboxylic acids is 3. The standard InChI is InChI=1S/C22H34N2O4/c1-13(2)19(23-20(25)18-11-9-16(7)10-12-18)22(27)28-17(8)21(26)24(14(3)4)15(5)6/h9-15,17,19H,1-8H3,(H,23,25)/t17-,19-/m1/s1. The predicted molar refractivity (Wildman–Crippen MR) is 110 cm³/mol. The molecule has 1 N–H and O–H groups in total. The van der Waals surface area contributed by atoms with Gasteiger partial charge in [0.1, 0.15) is 6.04 Å². The second kappa shape index (κ2) is 10.2. The molecule has 0 aliphatic rings. The first-order chi connectivity index (χ1) is 13.0. The molecule has 1 aromatic rings. The van der Waals surface area contributed by atoms with E-state index >= 15 is 0 Å². The first-order valence-corrected chi connectivity index (χ1v) is 9.85. The highest BCUT2D eigenvalue weighted by Crippen LogP contribution is 2.13. The normalized spacial score (nSPS) is 13.4. The van der Waals surface area contributed by atoms with E-state index < -0.39 is 18.1 Å². The topological polar surface area (TPSA) is 75.7 Å². The van der Waals surface area contributed by atoms with E-state index in [0.29, 0.717) is 5.56 Å². The maximum absolute atomic E-state index is 12.7. The molecule has 0 unspecified atom stereocenters. The van der Waals surface area contributed by atoms with Gasteiger partial charge in [-0.1, -0.05) is 31.5 Å². The number of benzene rings is 1. The summed E-state index contributed by atoms with van der Waals surface area (Å²) >= 11 is 0. The molecule has 0 radical (unpaired) electrons. The quantitative estimate of drug-likeness (QED) is 0.691. The van der Waals surface area contributed by atoms with Gasteiger partial charge >= 0.3 is 5.97 Å². The minimum atomic E-state index is -0.921. The molecule has 2 amide bonds. The van der Waals surface area contributed by atoms with Crippen molar-refractivity contribution in [3.05, 3.63) is 35.4 Å². The van der Waals surface area contributed by atoms with E-state index in [0.717, 1.165) is 5.56 Å². The van der Waals surface area contributed by atoms with Crippen LogP contribution < -0.4 is 5.32 Å². The number of hydrogen-bond donors (Lipinski definition) is 1. The van der Waals surface area contributed by atoms with Crippen molar-refractivity contribution in [2.75, 3.05) is 0 Å². The highest BCUT2D eigenvalue weighted by Gasteiger charge is 2.32. The summed E-state index contributed by atoms with van der Waals surface area (Å²) in [6, 6.07) is 6.25. The molecule has 0 saturated heterocycles. The van der Waals surface area contributed by atoms with Crippen LogP contribution in [0.25, 0.3) is 0 Å². The summed E-state index contributed by atoms with van der Waals surface area (Å²) in [5, 5.41) is 2.73. The molecule has 2 atom stereocenters. The molecule has 156 valence electrons. The van der Waals surface area contributed by atoms with Gasteiger partial charge in [0, 0.05) is 17.6 Å². The lowest BCUT2D eigenvalue weighted by Crippen LogP contribution is -2.50. The van der Waals surface area contributed by atoms with Gasteiger partial charge in [-0.2, -0.15) is 0 Å². The van der Waals surface area contributed by atoms with Crippen molar-refractivity contribution in [1.82, 2.24) is 10.2 Å². The number of carbonyl (C=O) groups is 3. The van der Waals surface area contributed by atoms with Crippen molar-refractivity contribution in [2.45, 2.75) is 79.6 Å². The van der Waals surface area contributed by atoms with Crippen LogP contribution in [0.2, 0.25) is 0 Å². The lowest BCUT2D eigenvalue weighted by molar-refractivity contribution is -0.163. The summed E-state index contributed by atoms with van der Waals surface area (Å²) in [6.07, 6.45) is -0.921. The fourth-order valence-corrected chi connectivity index (χ4v) is 3.04. The Bertz CT molecular complexity index is 672. The van der Waals surface area contributed by atoms with Crippen LogP contribution in [0.15, 0.2) is 24.3 Å². The SMILES string of the molecule is Cc1ccc(C(=O)N[C@@H](C(=O)O[C@H](C)C(=O)N(C(C)C)C(C)C)C(C)C)cc1. The molecule has 0 bridgehead atoms. The summed E-state index contributed by atoms with van der Waals surface area (Å²) in [4.78, 5) is 39.5. The Morgan fingerprint density at radius 1 is 0.893 bits per heavy atom. The summed E-state index contributed by atoms with van der Waals surface area (Å²) in [5.74, 6) is -1.38. The molecule has 0 aliphatic carbocycles. The Balaban J connectivity index is 2.85. The largest absolute Gasteiger partial charge is 0.451 e. The third-order valence-corrected chi connectivity index (χ3v) is 4.53. The van der Waals surface area contributed by atoms with Crippen LogP contribution in [0.3, 0.4) is 0 Å². The first kappa shape index (κ1) is 23.7. The van der Waals surface area contributed by atoms with Crippen LogP contribution in [0.5, 0.6) is 0 Å². The zero-order chi connectivity index (χ0) is 21.6. The summed E-state index contributed by atoms with van der Waals surface area (Å²) in [7, 11) is 0. The Hall–Kier alpha value is -2.37. The smallest absolute Gasteiger partial charge is 0.329 e. The Morgan fingerprint density at radius 3 is 1.82 bits per heavy atom. The molecule has 1 aromatic carbocycles. The van der Waals surface area contributed by atoms with E-state index in [1.165, 1.54) is 0 Å². The van der Waals surface area contributed by atoms with Crippen molar-refractivity contribution in [3.8, 4) is 0 Å². The number of ether oxygens (including phenoxy) is 1. The molecule has 28 heavy (non-hydrogen) atoms. The number of aryl methyl sites for hydroxylation is 1. The van der Waals surface area contributed by atoms with Gasteiger partial charge in [0.15, 0.2) is 6.10 Å². The molecule has 6 nitrogen and oxygen atoms in total. The molecule has 1 rings (SSSR count). The van der Waals surface area contributed by atoms with Gasteiger partial charge in [-0.05, 0) is 59.6 Å². The van der Waals surface area contributed by atoms with Crippen molar-refractivity contribution in [3.63, 3.8) is 0 Å². The molecule has 0 saturated carbocycles. The Morgan fingerprint density at radius 2 is 1.39 bits per heavy atom. The summed E-state index contributed by atoms with van der Waals surface area (Å²) < 4.78 is 5.43. The summed E-state index contributed by atoms with van der Waals surface area (Å²) in [6.45, 7) is 14.8. The van der Waals surface area contributed by atoms with Gasteiger partial charge in [-0.25, -0.2) is 4.79 Å². The van der Waals surface area contributed by atoms with Crippen LogP contribution in [0, 0.1) is 12.8 Å². The van der Waals surface area contributed by atoms with E-state index in [-0.39, 0.29) is 29.8 Å². The molecule has 0 aliphatic heterocycles. The van der Waals surface area contributed by atoms with Crippen LogP contribution in [-0.4, -0.2) is 46.9 Å². The minimum Gasteiger partial charge on any atom is -0.451 e. The van der Waals surface area contributed by atoms with Crippen LogP contribution >= 0.6 is 0 Å². The van der Waals surface area contributed by atoms with Crippen LogP contribution in [0.1, 0.15) is 64.4 Å². The number of amides is 2. The van der Waals surface area contributed by atoms with Crippen molar-refractivity contribution in [2.24, 2.45) is 5.92 Å².